The first-order chi connectivity index (χ1) is 9.38. The van der Waals surface area contributed by atoms with E-state index in [9.17, 15) is 18.3 Å². The van der Waals surface area contributed by atoms with E-state index in [0.29, 0.717) is 0 Å². The van der Waals surface area contributed by atoms with Gasteiger partial charge in [-0.25, -0.2) is 13.2 Å². The Hall–Kier alpha value is -1.04. The van der Waals surface area contributed by atoms with E-state index in [-0.39, 0.29) is 27.0 Å². The van der Waals surface area contributed by atoms with Crippen LogP contribution in [0.3, 0.4) is 0 Å². The Morgan fingerprint density at radius 1 is 1.15 bits per heavy atom. The molecule has 0 amide bonds. The van der Waals surface area contributed by atoms with Crippen LogP contribution in [0.1, 0.15) is 17.2 Å². The van der Waals surface area contributed by atoms with Crippen LogP contribution in [0.4, 0.5) is 13.2 Å². The third-order valence-electron chi connectivity index (χ3n) is 2.81. The van der Waals surface area contributed by atoms with Gasteiger partial charge in [-0.2, -0.15) is 0 Å². The second-order valence-electron chi connectivity index (χ2n) is 4.24. The fourth-order valence-corrected chi connectivity index (χ4v) is 2.44. The van der Waals surface area contributed by atoms with Crippen molar-refractivity contribution in [3.8, 4) is 0 Å². The molecule has 1 unspecified atom stereocenters. The van der Waals surface area contributed by atoms with E-state index in [4.69, 9.17) is 11.6 Å². The molecule has 0 aliphatic heterocycles. The zero-order valence-corrected chi connectivity index (χ0v) is 12.4. The second kappa shape index (κ2) is 6.16. The lowest BCUT2D eigenvalue weighted by Crippen LogP contribution is -2.06. The van der Waals surface area contributed by atoms with Crippen LogP contribution in [0.5, 0.6) is 0 Å². The lowest BCUT2D eigenvalue weighted by molar-refractivity contribution is 0.175. The number of rotatable bonds is 3. The highest BCUT2D eigenvalue weighted by Gasteiger charge is 2.18. The lowest BCUT2D eigenvalue weighted by atomic mass is 10.0. The van der Waals surface area contributed by atoms with Gasteiger partial charge in [0.2, 0.25) is 0 Å². The first kappa shape index (κ1) is 15.4. The van der Waals surface area contributed by atoms with Gasteiger partial charge in [-0.05, 0) is 51.8 Å². The molecule has 0 heterocycles. The van der Waals surface area contributed by atoms with Gasteiger partial charge in [-0.1, -0.05) is 11.6 Å². The summed E-state index contributed by atoms with van der Waals surface area (Å²) in [7, 11) is 0. The summed E-state index contributed by atoms with van der Waals surface area (Å²) < 4.78 is 40.7. The summed E-state index contributed by atoms with van der Waals surface area (Å²) in [6.07, 6.45) is -1.59. The van der Waals surface area contributed by atoms with E-state index >= 15 is 0 Å². The fraction of sp³-hybridized carbons (Fsp3) is 0.143. The highest BCUT2D eigenvalue weighted by Crippen LogP contribution is 2.28. The van der Waals surface area contributed by atoms with Gasteiger partial charge in [0.25, 0.3) is 0 Å². The topological polar surface area (TPSA) is 20.2 Å². The van der Waals surface area contributed by atoms with Gasteiger partial charge < -0.3 is 5.11 Å². The van der Waals surface area contributed by atoms with E-state index in [1.165, 1.54) is 12.1 Å². The molecule has 1 atom stereocenters. The van der Waals surface area contributed by atoms with Gasteiger partial charge in [0.15, 0.2) is 0 Å². The summed E-state index contributed by atoms with van der Waals surface area (Å²) in [5.74, 6) is -2.18. The van der Waals surface area contributed by atoms with E-state index in [1.807, 2.05) is 0 Å². The van der Waals surface area contributed by atoms with Crippen LogP contribution >= 0.6 is 27.5 Å². The maximum Gasteiger partial charge on any atom is 0.143 e. The lowest BCUT2D eigenvalue weighted by Gasteiger charge is -2.13. The fourth-order valence-electron chi connectivity index (χ4n) is 1.83. The Kier molecular flexibility index (Phi) is 4.73. The van der Waals surface area contributed by atoms with Crippen molar-refractivity contribution < 1.29 is 18.3 Å². The molecule has 0 aliphatic rings. The molecule has 1 nitrogen and oxygen atoms in total. The van der Waals surface area contributed by atoms with Crippen LogP contribution in [0.25, 0.3) is 0 Å². The number of aliphatic hydroxyl groups excluding tert-OH is 1. The Balaban J connectivity index is 2.32. The van der Waals surface area contributed by atoms with Crippen LogP contribution in [0, 0.1) is 17.5 Å². The van der Waals surface area contributed by atoms with Crippen molar-refractivity contribution in [1.82, 2.24) is 0 Å². The Bertz CT molecular complexity index is 628. The predicted molar refractivity (Wildman–Crippen MR) is 74.1 cm³/mol. The smallest absolute Gasteiger partial charge is 0.143 e. The molecule has 6 heteroatoms. The molecular formula is C14H9BrClF3O. The molecule has 0 bridgehead atoms. The largest absolute Gasteiger partial charge is 0.388 e. The highest BCUT2D eigenvalue weighted by molar-refractivity contribution is 9.10. The van der Waals surface area contributed by atoms with E-state index in [2.05, 4.69) is 15.9 Å². The molecule has 2 aromatic carbocycles. The van der Waals surface area contributed by atoms with Crippen molar-refractivity contribution in [2.24, 2.45) is 0 Å². The molecule has 106 valence electrons. The van der Waals surface area contributed by atoms with E-state index < -0.39 is 23.6 Å². The zero-order chi connectivity index (χ0) is 14.9. The number of aliphatic hydroxyl groups is 1. The third kappa shape index (κ3) is 3.34. The summed E-state index contributed by atoms with van der Waals surface area (Å²) in [6.45, 7) is 0. The Labute approximate surface area is 127 Å². The molecule has 0 spiro atoms. The molecule has 0 radical (unpaired) electrons. The Morgan fingerprint density at radius 3 is 2.50 bits per heavy atom. The van der Waals surface area contributed by atoms with Crippen molar-refractivity contribution in [2.45, 2.75) is 12.5 Å². The molecule has 2 aromatic rings. The minimum Gasteiger partial charge on any atom is -0.388 e. The number of hydrogen-bond donors (Lipinski definition) is 1. The summed E-state index contributed by atoms with van der Waals surface area (Å²) >= 11 is 8.62. The standard InChI is InChI=1S/C14H9BrClF3O/c15-11-1-2-12(18)10(14(11)19)6-13(20)7-3-8(16)5-9(17)4-7/h1-5,13,20H,6H2. The van der Waals surface area contributed by atoms with Gasteiger partial charge in [0, 0.05) is 17.0 Å². The van der Waals surface area contributed by atoms with Crippen LogP contribution < -0.4 is 0 Å². The SMILES string of the molecule is OC(Cc1c(F)ccc(Br)c1F)c1cc(F)cc(Cl)c1. The molecule has 1 N–H and O–H groups in total. The summed E-state index contributed by atoms with van der Waals surface area (Å²) in [5, 5.41) is 10.1. The van der Waals surface area contributed by atoms with Crippen molar-refractivity contribution in [3.05, 3.63) is 68.4 Å². The second-order valence-corrected chi connectivity index (χ2v) is 5.54. The number of benzene rings is 2. The Morgan fingerprint density at radius 2 is 1.85 bits per heavy atom. The minimum absolute atomic E-state index is 0.0957. The first-order valence-corrected chi connectivity index (χ1v) is 6.82. The predicted octanol–water partition coefficient (Wildman–Crippen LogP) is 4.80. The third-order valence-corrected chi connectivity index (χ3v) is 3.64. The average molecular weight is 366 g/mol. The average Bonchev–Trinajstić information content (AvgIpc) is 2.38. The summed E-state index contributed by atoms with van der Waals surface area (Å²) in [6, 6.07) is 5.83. The molecule has 0 fully saturated rings. The van der Waals surface area contributed by atoms with Crippen molar-refractivity contribution in [1.29, 1.82) is 0 Å². The van der Waals surface area contributed by atoms with Gasteiger partial charge >= 0.3 is 0 Å². The van der Waals surface area contributed by atoms with Crippen LogP contribution in [0.2, 0.25) is 5.02 Å². The van der Waals surface area contributed by atoms with E-state index in [0.717, 1.165) is 18.2 Å². The molecule has 0 saturated carbocycles. The van der Waals surface area contributed by atoms with Crippen molar-refractivity contribution in [2.75, 3.05) is 0 Å². The molecule has 0 saturated heterocycles. The molecule has 20 heavy (non-hydrogen) atoms. The molecule has 2 rings (SSSR count). The molecule has 0 aliphatic carbocycles. The van der Waals surface area contributed by atoms with Gasteiger partial charge in [0.1, 0.15) is 17.5 Å². The summed E-state index contributed by atoms with van der Waals surface area (Å²) in [4.78, 5) is 0. The van der Waals surface area contributed by atoms with Crippen LogP contribution in [-0.4, -0.2) is 5.11 Å². The molecule has 0 aromatic heterocycles. The quantitative estimate of drug-likeness (QED) is 0.775. The minimum atomic E-state index is -1.26. The maximum atomic E-state index is 13.8. The van der Waals surface area contributed by atoms with Gasteiger partial charge in [-0.15, -0.1) is 0 Å². The van der Waals surface area contributed by atoms with Crippen LogP contribution in [-0.2, 0) is 6.42 Å². The zero-order valence-electron chi connectivity index (χ0n) is 10.0. The van der Waals surface area contributed by atoms with Gasteiger partial charge in [-0.3, -0.25) is 0 Å². The van der Waals surface area contributed by atoms with E-state index in [1.54, 1.807) is 0 Å². The molecular weight excluding hydrogens is 357 g/mol. The van der Waals surface area contributed by atoms with Crippen molar-refractivity contribution >= 4 is 27.5 Å². The number of halogens is 5. The maximum absolute atomic E-state index is 13.8. The van der Waals surface area contributed by atoms with Gasteiger partial charge in [0.05, 0.1) is 10.6 Å². The number of hydrogen-bond acceptors (Lipinski definition) is 1. The summed E-state index contributed by atoms with van der Waals surface area (Å²) in [5.41, 5.74) is -0.110. The van der Waals surface area contributed by atoms with Crippen LogP contribution in [0.15, 0.2) is 34.8 Å². The monoisotopic (exact) mass is 364 g/mol. The normalized spacial score (nSPS) is 12.5. The van der Waals surface area contributed by atoms with Crippen molar-refractivity contribution in [3.63, 3.8) is 0 Å². The first-order valence-electron chi connectivity index (χ1n) is 5.65. The highest BCUT2D eigenvalue weighted by atomic mass is 79.9.